The number of benzene rings is 1. The van der Waals surface area contributed by atoms with Crippen LogP contribution < -0.4 is 10.1 Å². The van der Waals surface area contributed by atoms with Crippen molar-refractivity contribution >= 4 is 0 Å². The molecule has 1 aromatic carbocycles. The Morgan fingerprint density at radius 3 is 2.50 bits per heavy atom. The van der Waals surface area contributed by atoms with E-state index in [0.29, 0.717) is 6.04 Å². The standard InChI is InChI=1S/C15H23NO2/c1-9-7-14(18-4)10(2)11(3)15(9)13(8-17)16-12-5-6-12/h7,12-13,16-17H,5-6,8H2,1-4H3. The molecule has 1 aromatic rings. The largest absolute Gasteiger partial charge is 0.496 e. The van der Waals surface area contributed by atoms with E-state index in [2.05, 4.69) is 32.2 Å². The highest BCUT2D eigenvalue weighted by atomic mass is 16.5. The van der Waals surface area contributed by atoms with Crippen molar-refractivity contribution in [1.29, 1.82) is 0 Å². The highest BCUT2D eigenvalue weighted by Crippen LogP contribution is 2.33. The smallest absolute Gasteiger partial charge is 0.122 e. The highest BCUT2D eigenvalue weighted by Gasteiger charge is 2.27. The number of aliphatic hydroxyl groups is 1. The van der Waals surface area contributed by atoms with Gasteiger partial charge in [-0.15, -0.1) is 0 Å². The van der Waals surface area contributed by atoms with Gasteiger partial charge in [0.1, 0.15) is 5.75 Å². The Kier molecular flexibility index (Phi) is 3.93. The molecule has 1 saturated carbocycles. The lowest BCUT2D eigenvalue weighted by molar-refractivity contribution is 0.242. The van der Waals surface area contributed by atoms with Crippen LogP contribution in [0, 0.1) is 20.8 Å². The number of nitrogens with one attached hydrogen (secondary N) is 1. The van der Waals surface area contributed by atoms with Gasteiger partial charge < -0.3 is 15.2 Å². The Bertz CT molecular complexity index is 439. The number of aliphatic hydroxyl groups excluding tert-OH is 1. The first-order valence-electron chi connectivity index (χ1n) is 6.60. The van der Waals surface area contributed by atoms with E-state index in [1.165, 1.54) is 29.5 Å². The van der Waals surface area contributed by atoms with Crippen LogP contribution in [0.15, 0.2) is 6.07 Å². The van der Waals surface area contributed by atoms with Gasteiger partial charge in [0.05, 0.1) is 19.8 Å². The molecule has 1 aliphatic rings. The van der Waals surface area contributed by atoms with E-state index in [9.17, 15) is 5.11 Å². The minimum atomic E-state index is 0.0436. The molecule has 0 heterocycles. The Hall–Kier alpha value is -1.06. The second-order valence-electron chi connectivity index (χ2n) is 5.24. The molecule has 100 valence electrons. The number of hydrogen-bond acceptors (Lipinski definition) is 3. The van der Waals surface area contributed by atoms with Crippen molar-refractivity contribution in [1.82, 2.24) is 5.32 Å². The number of rotatable bonds is 5. The maximum atomic E-state index is 9.63. The fourth-order valence-electron chi connectivity index (χ4n) is 2.58. The second kappa shape index (κ2) is 5.29. The monoisotopic (exact) mass is 249 g/mol. The van der Waals surface area contributed by atoms with E-state index in [1.54, 1.807) is 7.11 Å². The first-order valence-corrected chi connectivity index (χ1v) is 6.60. The van der Waals surface area contributed by atoms with Gasteiger partial charge in [0.25, 0.3) is 0 Å². The summed E-state index contributed by atoms with van der Waals surface area (Å²) in [5.41, 5.74) is 4.79. The van der Waals surface area contributed by atoms with Crippen LogP contribution in [0.1, 0.15) is 41.1 Å². The lowest BCUT2D eigenvalue weighted by atomic mass is 9.92. The molecular weight excluding hydrogens is 226 g/mol. The maximum absolute atomic E-state index is 9.63. The quantitative estimate of drug-likeness (QED) is 0.842. The number of aryl methyl sites for hydroxylation is 1. The molecule has 3 nitrogen and oxygen atoms in total. The number of ether oxygens (including phenoxy) is 1. The summed E-state index contributed by atoms with van der Waals surface area (Å²) in [6.45, 7) is 6.41. The number of methoxy groups -OCH3 is 1. The Balaban J connectivity index is 2.38. The Morgan fingerprint density at radius 2 is 2.00 bits per heavy atom. The summed E-state index contributed by atoms with van der Waals surface area (Å²) in [6.07, 6.45) is 2.45. The minimum absolute atomic E-state index is 0.0436. The SMILES string of the molecule is COc1cc(C)c(C(CO)NC2CC2)c(C)c1C. The number of hydrogen-bond donors (Lipinski definition) is 2. The lowest BCUT2D eigenvalue weighted by Crippen LogP contribution is -2.28. The van der Waals surface area contributed by atoms with Gasteiger partial charge in [-0.3, -0.25) is 0 Å². The molecule has 18 heavy (non-hydrogen) atoms. The van der Waals surface area contributed by atoms with Crippen molar-refractivity contribution in [3.05, 3.63) is 28.3 Å². The van der Waals surface area contributed by atoms with Crippen LogP contribution in [0.4, 0.5) is 0 Å². The van der Waals surface area contributed by atoms with Gasteiger partial charge in [-0.25, -0.2) is 0 Å². The van der Waals surface area contributed by atoms with Crippen molar-refractivity contribution in [2.45, 2.75) is 45.7 Å². The van der Waals surface area contributed by atoms with Crippen LogP contribution in [0.2, 0.25) is 0 Å². The summed E-state index contributed by atoms with van der Waals surface area (Å²) in [7, 11) is 1.70. The fourth-order valence-corrected chi connectivity index (χ4v) is 2.58. The molecule has 0 saturated heterocycles. The molecule has 0 aliphatic heterocycles. The van der Waals surface area contributed by atoms with E-state index in [1.807, 2.05) is 0 Å². The molecule has 1 atom stereocenters. The molecule has 0 radical (unpaired) electrons. The molecular formula is C15H23NO2. The van der Waals surface area contributed by atoms with Crippen LogP contribution >= 0.6 is 0 Å². The van der Waals surface area contributed by atoms with Crippen LogP contribution in [-0.4, -0.2) is 24.9 Å². The molecule has 0 bridgehead atoms. The third-order valence-corrected chi connectivity index (χ3v) is 3.87. The van der Waals surface area contributed by atoms with E-state index in [4.69, 9.17) is 4.74 Å². The molecule has 3 heteroatoms. The zero-order valence-corrected chi connectivity index (χ0v) is 11.7. The van der Waals surface area contributed by atoms with E-state index < -0.39 is 0 Å². The average Bonchev–Trinajstić information content (AvgIpc) is 3.16. The van der Waals surface area contributed by atoms with Crippen molar-refractivity contribution in [2.75, 3.05) is 13.7 Å². The summed E-state index contributed by atoms with van der Waals surface area (Å²) in [5, 5.41) is 13.1. The summed E-state index contributed by atoms with van der Waals surface area (Å²) in [5.74, 6) is 0.928. The van der Waals surface area contributed by atoms with Gasteiger partial charge in [0.15, 0.2) is 0 Å². The first kappa shape index (κ1) is 13.4. The van der Waals surface area contributed by atoms with E-state index >= 15 is 0 Å². The average molecular weight is 249 g/mol. The van der Waals surface area contributed by atoms with Gasteiger partial charge in [-0.1, -0.05) is 0 Å². The predicted molar refractivity (Wildman–Crippen MR) is 73.2 cm³/mol. The predicted octanol–water partition coefficient (Wildman–Crippen LogP) is 2.41. The molecule has 0 aromatic heterocycles. The summed E-state index contributed by atoms with van der Waals surface area (Å²) in [6, 6.07) is 2.69. The van der Waals surface area contributed by atoms with Gasteiger partial charge in [0.2, 0.25) is 0 Å². The Labute approximate surface area is 109 Å². The lowest BCUT2D eigenvalue weighted by Gasteiger charge is -2.23. The molecule has 1 unspecified atom stereocenters. The zero-order valence-electron chi connectivity index (χ0n) is 11.7. The molecule has 1 fully saturated rings. The molecule has 0 amide bonds. The summed E-state index contributed by atoms with van der Waals surface area (Å²) >= 11 is 0. The molecule has 1 aliphatic carbocycles. The zero-order chi connectivity index (χ0) is 13.3. The fraction of sp³-hybridized carbons (Fsp3) is 0.600. The van der Waals surface area contributed by atoms with Crippen molar-refractivity contribution < 1.29 is 9.84 Å². The van der Waals surface area contributed by atoms with E-state index in [0.717, 1.165) is 11.3 Å². The third kappa shape index (κ3) is 2.52. The minimum Gasteiger partial charge on any atom is -0.496 e. The van der Waals surface area contributed by atoms with Crippen molar-refractivity contribution in [3.63, 3.8) is 0 Å². The third-order valence-electron chi connectivity index (χ3n) is 3.87. The summed E-state index contributed by atoms with van der Waals surface area (Å²) < 4.78 is 5.39. The van der Waals surface area contributed by atoms with Gasteiger partial charge >= 0.3 is 0 Å². The van der Waals surface area contributed by atoms with Crippen molar-refractivity contribution in [3.8, 4) is 5.75 Å². The highest BCUT2D eigenvalue weighted by molar-refractivity contribution is 5.49. The Morgan fingerprint density at radius 1 is 1.33 bits per heavy atom. The van der Waals surface area contributed by atoms with Gasteiger partial charge in [-0.2, -0.15) is 0 Å². The van der Waals surface area contributed by atoms with Crippen LogP contribution in [0.5, 0.6) is 5.75 Å². The summed E-state index contributed by atoms with van der Waals surface area (Å²) in [4.78, 5) is 0. The topological polar surface area (TPSA) is 41.5 Å². The first-order chi connectivity index (χ1) is 8.58. The van der Waals surface area contributed by atoms with Gasteiger partial charge in [0, 0.05) is 6.04 Å². The van der Waals surface area contributed by atoms with Crippen LogP contribution in [0.3, 0.4) is 0 Å². The van der Waals surface area contributed by atoms with Crippen molar-refractivity contribution in [2.24, 2.45) is 0 Å². The second-order valence-corrected chi connectivity index (χ2v) is 5.24. The maximum Gasteiger partial charge on any atom is 0.122 e. The normalized spacial score (nSPS) is 16.7. The molecule has 2 rings (SSSR count). The van der Waals surface area contributed by atoms with E-state index in [-0.39, 0.29) is 12.6 Å². The van der Waals surface area contributed by atoms with Gasteiger partial charge in [-0.05, 0) is 61.9 Å². The van der Waals surface area contributed by atoms with Crippen LogP contribution in [0.25, 0.3) is 0 Å². The molecule has 0 spiro atoms. The molecule has 2 N–H and O–H groups in total. The van der Waals surface area contributed by atoms with Crippen LogP contribution in [-0.2, 0) is 0 Å².